The zero-order chi connectivity index (χ0) is 15.3. The Bertz CT molecular complexity index is 507. The number of nitrogens with two attached hydrogens (primary N) is 1. The van der Waals surface area contributed by atoms with Crippen LogP contribution in [0.4, 0.5) is 0 Å². The third kappa shape index (κ3) is 3.80. The molecule has 1 aromatic carbocycles. The van der Waals surface area contributed by atoms with Crippen molar-refractivity contribution in [2.45, 2.75) is 24.9 Å². The van der Waals surface area contributed by atoms with Gasteiger partial charge in [0.05, 0.1) is 18.2 Å². The van der Waals surface area contributed by atoms with E-state index in [4.69, 9.17) is 10.5 Å². The summed E-state index contributed by atoms with van der Waals surface area (Å²) in [5, 5.41) is 2.84. The highest BCUT2D eigenvalue weighted by Crippen LogP contribution is 2.18. The minimum atomic E-state index is -0.843. The molecule has 0 radical (unpaired) electrons. The number of amides is 1. The highest BCUT2D eigenvalue weighted by Gasteiger charge is 2.35. The number of carbonyl (C=O) groups is 2. The Labute approximate surface area is 123 Å². The predicted octanol–water partition coefficient (Wildman–Crippen LogP) is 0.597. The predicted molar refractivity (Wildman–Crippen MR) is 76.6 cm³/mol. The van der Waals surface area contributed by atoms with Crippen LogP contribution in [0.2, 0.25) is 0 Å². The lowest BCUT2D eigenvalue weighted by atomic mass is 9.90. The molecule has 6 nitrogen and oxygen atoms in total. The highest BCUT2D eigenvalue weighted by atomic mass is 16.5. The Morgan fingerprint density at radius 3 is 2.48 bits per heavy atom. The van der Waals surface area contributed by atoms with Gasteiger partial charge in [0.1, 0.15) is 0 Å². The van der Waals surface area contributed by atoms with E-state index in [-0.39, 0.29) is 11.9 Å². The van der Waals surface area contributed by atoms with Crippen LogP contribution in [0.15, 0.2) is 24.3 Å². The van der Waals surface area contributed by atoms with Gasteiger partial charge in [0, 0.05) is 19.8 Å². The third-order valence-corrected chi connectivity index (χ3v) is 3.67. The number of rotatable bonds is 4. The van der Waals surface area contributed by atoms with Crippen LogP contribution in [0, 0.1) is 0 Å². The van der Waals surface area contributed by atoms with Crippen LogP contribution in [0.25, 0.3) is 0 Å². The van der Waals surface area contributed by atoms with Crippen LogP contribution in [-0.2, 0) is 20.8 Å². The summed E-state index contributed by atoms with van der Waals surface area (Å²) < 4.78 is 9.85. The maximum absolute atomic E-state index is 12.1. The van der Waals surface area contributed by atoms with Crippen molar-refractivity contribution in [1.29, 1.82) is 0 Å². The Morgan fingerprint density at radius 1 is 1.29 bits per heavy atom. The van der Waals surface area contributed by atoms with Crippen molar-refractivity contribution < 1.29 is 19.1 Å². The van der Waals surface area contributed by atoms with Crippen molar-refractivity contribution in [1.82, 2.24) is 5.32 Å². The van der Waals surface area contributed by atoms with Gasteiger partial charge in [0.25, 0.3) is 0 Å². The largest absolute Gasteiger partial charge is 0.465 e. The average Bonchev–Trinajstić information content (AvgIpc) is 2.53. The lowest BCUT2D eigenvalue weighted by molar-refractivity contribution is -0.129. The van der Waals surface area contributed by atoms with Crippen LogP contribution in [0.5, 0.6) is 0 Å². The zero-order valence-corrected chi connectivity index (χ0v) is 12.1. The molecule has 1 aliphatic rings. The van der Waals surface area contributed by atoms with E-state index < -0.39 is 5.54 Å². The second-order valence-electron chi connectivity index (χ2n) is 5.14. The minimum absolute atomic E-state index is 0.164. The summed E-state index contributed by atoms with van der Waals surface area (Å²) in [4.78, 5) is 23.5. The number of esters is 1. The maximum atomic E-state index is 12.1. The second-order valence-corrected chi connectivity index (χ2v) is 5.14. The summed E-state index contributed by atoms with van der Waals surface area (Å²) in [7, 11) is 1.34. The van der Waals surface area contributed by atoms with Gasteiger partial charge in [-0.25, -0.2) is 4.79 Å². The summed E-state index contributed by atoms with van der Waals surface area (Å²) in [5.74, 6) is -0.545. The topological polar surface area (TPSA) is 90.7 Å². The normalized spacial score (nSPS) is 17.0. The van der Waals surface area contributed by atoms with Gasteiger partial charge in [-0.2, -0.15) is 0 Å². The smallest absolute Gasteiger partial charge is 0.337 e. The molecule has 0 aliphatic carbocycles. The summed E-state index contributed by atoms with van der Waals surface area (Å²) in [6.45, 7) is 1.40. The number of hydrogen-bond donors (Lipinski definition) is 2. The number of methoxy groups -OCH3 is 1. The molecule has 3 N–H and O–H groups in total. The van der Waals surface area contributed by atoms with E-state index in [1.54, 1.807) is 24.3 Å². The quantitative estimate of drug-likeness (QED) is 0.793. The monoisotopic (exact) mass is 292 g/mol. The van der Waals surface area contributed by atoms with Crippen LogP contribution in [0.1, 0.15) is 28.8 Å². The molecule has 0 saturated carbocycles. The molecule has 1 fully saturated rings. The molecule has 0 spiro atoms. The third-order valence-electron chi connectivity index (χ3n) is 3.67. The van der Waals surface area contributed by atoms with E-state index in [0.717, 1.165) is 5.56 Å². The summed E-state index contributed by atoms with van der Waals surface area (Å²) >= 11 is 0. The van der Waals surface area contributed by atoms with Gasteiger partial charge in [0.2, 0.25) is 5.91 Å². The van der Waals surface area contributed by atoms with Gasteiger partial charge in [-0.3, -0.25) is 4.79 Å². The standard InChI is InChI=1S/C15H20N2O4/c1-20-13(18)12-4-2-11(3-5-12)10-17-14(19)15(16)6-8-21-9-7-15/h2-5H,6-10,16H2,1H3,(H,17,19). The van der Waals surface area contributed by atoms with Crippen molar-refractivity contribution in [3.05, 3.63) is 35.4 Å². The number of benzene rings is 1. The SMILES string of the molecule is COC(=O)c1ccc(CNC(=O)C2(N)CCOCC2)cc1. The molecule has 1 heterocycles. The fourth-order valence-electron chi connectivity index (χ4n) is 2.20. The summed E-state index contributed by atoms with van der Waals surface area (Å²) in [6.07, 6.45) is 1.06. The first-order valence-electron chi connectivity index (χ1n) is 6.87. The first kappa shape index (κ1) is 15.5. The van der Waals surface area contributed by atoms with Gasteiger partial charge in [-0.05, 0) is 30.5 Å². The molecule has 1 amide bonds. The van der Waals surface area contributed by atoms with E-state index in [1.165, 1.54) is 7.11 Å². The molecule has 2 rings (SSSR count). The summed E-state index contributed by atoms with van der Waals surface area (Å²) in [5.41, 5.74) is 6.63. The fourth-order valence-corrected chi connectivity index (χ4v) is 2.20. The minimum Gasteiger partial charge on any atom is -0.465 e. The lowest BCUT2D eigenvalue weighted by Gasteiger charge is -2.31. The first-order chi connectivity index (χ1) is 10.0. The number of ether oxygens (including phenoxy) is 2. The molecular formula is C15H20N2O4. The molecule has 21 heavy (non-hydrogen) atoms. The Morgan fingerprint density at radius 2 is 1.90 bits per heavy atom. The van der Waals surface area contributed by atoms with Gasteiger partial charge < -0.3 is 20.5 Å². The van der Waals surface area contributed by atoms with Gasteiger partial charge in [-0.15, -0.1) is 0 Å². The van der Waals surface area contributed by atoms with Crippen LogP contribution in [-0.4, -0.2) is 37.7 Å². The van der Waals surface area contributed by atoms with Gasteiger partial charge >= 0.3 is 5.97 Å². The van der Waals surface area contributed by atoms with Crippen LogP contribution in [0.3, 0.4) is 0 Å². The van der Waals surface area contributed by atoms with E-state index in [1.807, 2.05) is 0 Å². The number of carbonyl (C=O) groups excluding carboxylic acids is 2. The van der Waals surface area contributed by atoms with E-state index in [2.05, 4.69) is 10.1 Å². The molecule has 1 aliphatic heterocycles. The number of hydrogen-bond acceptors (Lipinski definition) is 5. The molecule has 114 valence electrons. The molecule has 0 atom stereocenters. The summed E-state index contributed by atoms with van der Waals surface area (Å²) in [6, 6.07) is 6.89. The van der Waals surface area contributed by atoms with E-state index >= 15 is 0 Å². The lowest BCUT2D eigenvalue weighted by Crippen LogP contribution is -2.56. The van der Waals surface area contributed by atoms with Crippen molar-refractivity contribution in [2.75, 3.05) is 20.3 Å². The Kier molecular flexibility index (Phi) is 4.93. The van der Waals surface area contributed by atoms with Gasteiger partial charge in [0.15, 0.2) is 0 Å². The van der Waals surface area contributed by atoms with Gasteiger partial charge in [-0.1, -0.05) is 12.1 Å². The van der Waals surface area contributed by atoms with Crippen LogP contribution >= 0.6 is 0 Å². The zero-order valence-electron chi connectivity index (χ0n) is 12.1. The average molecular weight is 292 g/mol. The molecule has 1 saturated heterocycles. The Hall–Kier alpha value is -1.92. The molecule has 1 aromatic rings. The first-order valence-corrected chi connectivity index (χ1v) is 6.87. The molecule has 0 unspecified atom stereocenters. The molecular weight excluding hydrogens is 272 g/mol. The van der Waals surface area contributed by atoms with Crippen molar-refractivity contribution >= 4 is 11.9 Å². The fraction of sp³-hybridized carbons (Fsp3) is 0.467. The van der Waals surface area contributed by atoms with Crippen molar-refractivity contribution in [3.63, 3.8) is 0 Å². The van der Waals surface area contributed by atoms with Crippen molar-refractivity contribution in [3.8, 4) is 0 Å². The van der Waals surface area contributed by atoms with E-state index in [0.29, 0.717) is 38.2 Å². The van der Waals surface area contributed by atoms with E-state index in [9.17, 15) is 9.59 Å². The maximum Gasteiger partial charge on any atom is 0.337 e. The molecule has 0 bridgehead atoms. The number of nitrogens with one attached hydrogen (secondary N) is 1. The second kappa shape index (κ2) is 6.69. The molecule has 6 heteroatoms. The highest BCUT2D eigenvalue weighted by molar-refractivity contribution is 5.89. The van der Waals surface area contributed by atoms with Crippen molar-refractivity contribution in [2.24, 2.45) is 5.73 Å². The Balaban J connectivity index is 1.90. The van der Waals surface area contributed by atoms with Crippen LogP contribution < -0.4 is 11.1 Å². The molecule has 0 aromatic heterocycles.